The zero-order valence-electron chi connectivity index (χ0n) is 19.2. The average Bonchev–Trinajstić information content (AvgIpc) is 3.30. The molecule has 0 spiro atoms. The van der Waals surface area contributed by atoms with E-state index in [9.17, 15) is 24.6 Å². The number of alkyl carbamates (subject to hydrolysis) is 1. The van der Waals surface area contributed by atoms with Gasteiger partial charge in [-0.25, -0.2) is 4.79 Å². The number of hydrogen-bond donors (Lipinski definition) is 3. The minimum atomic E-state index is -1.36. The normalized spacial score (nSPS) is 23.8. The molecule has 4 rings (SSSR count). The highest BCUT2D eigenvalue weighted by Crippen LogP contribution is 2.44. The number of hydrogen-bond acceptors (Lipinski definition) is 9. The summed E-state index contributed by atoms with van der Waals surface area (Å²) in [6, 6.07) is 15.0. The number of thioether (sulfide) groups is 1. The van der Waals surface area contributed by atoms with E-state index in [0.717, 1.165) is 22.3 Å². The van der Waals surface area contributed by atoms with Crippen molar-refractivity contribution in [3.63, 3.8) is 0 Å². The molecule has 0 aromatic heterocycles. The Hall–Kier alpha value is -2.92. The summed E-state index contributed by atoms with van der Waals surface area (Å²) >= 11 is 0.650. The van der Waals surface area contributed by atoms with Gasteiger partial charge in [0, 0.05) is 12.8 Å². The van der Waals surface area contributed by atoms with Gasteiger partial charge in [0.1, 0.15) is 37.0 Å². The van der Waals surface area contributed by atoms with E-state index in [2.05, 4.69) is 5.32 Å². The Morgan fingerprint density at radius 3 is 2.17 bits per heavy atom. The van der Waals surface area contributed by atoms with Crippen molar-refractivity contribution in [1.82, 2.24) is 5.32 Å². The molecular formula is C25H27NO8S. The van der Waals surface area contributed by atoms with Crippen molar-refractivity contribution in [3.8, 4) is 11.1 Å². The molecule has 35 heavy (non-hydrogen) atoms. The summed E-state index contributed by atoms with van der Waals surface area (Å²) in [6.07, 6.45) is -4.37. The van der Waals surface area contributed by atoms with E-state index in [1.54, 1.807) is 0 Å². The Kier molecular flexibility index (Phi) is 7.75. The average molecular weight is 502 g/mol. The van der Waals surface area contributed by atoms with Crippen molar-refractivity contribution in [2.75, 3.05) is 13.2 Å². The number of aliphatic hydroxyl groups is 2. The third-order valence-corrected chi connectivity index (χ3v) is 7.24. The van der Waals surface area contributed by atoms with E-state index < -0.39 is 47.0 Å². The highest BCUT2D eigenvalue weighted by molar-refractivity contribution is 8.14. The summed E-state index contributed by atoms with van der Waals surface area (Å²) in [5.41, 5.74) is 3.32. The van der Waals surface area contributed by atoms with Crippen LogP contribution in [0.25, 0.3) is 11.1 Å². The topological polar surface area (TPSA) is 131 Å². The van der Waals surface area contributed by atoms with Crippen LogP contribution < -0.4 is 5.32 Å². The lowest BCUT2D eigenvalue weighted by atomic mass is 9.98. The van der Waals surface area contributed by atoms with Crippen molar-refractivity contribution < 1.29 is 38.8 Å². The quantitative estimate of drug-likeness (QED) is 0.489. The maximum absolute atomic E-state index is 12.6. The zero-order chi connectivity index (χ0) is 25.1. The number of benzene rings is 2. The van der Waals surface area contributed by atoms with Crippen molar-refractivity contribution in [1.29, 1.82) is 0 Å². The summed E-state index contributed by atoms with van der Waals surface area (Å²) in [6.45, 7) is 2.57. The second kappa shape index (κ2) is 10.8. The molecule has 1 aliphatic heterocycles. The van der Waals surface area contributed by atoms with Crippen LogP contribution in [0.1, 0.15) is 30.9 Å². The van der Waals surface area contributed by atoms with Crippen LogP contribution in [-0.4, -0.2) is 70.4 Å². The first-order valence-electron chi connectivity index (χ1n) is 11.2. The van der Waals surface area contributed by atoms with E-state index in [-0.39, 0.29) is 19.1 Å². The Balaban J connectivity index is 1.29. The smallest absolute Gasteiger partial charge is 0.407 e. The van der Waals surface area contributed by atoms with Crippen LogP contribution in [0.4, 0.5) is 4.79 Å². The van der Waals surface area contributed by atoms with Gasteiger partial charge in [-0.1, -0.05) is 60.3 Å². The minimum Gasteiger partial charge on any atom is -0.463 e. The van der Waals surface area contributed by atoms with Crippen LogP contribution in [0.3, 0.4) is 0 Å². The predicted octanol–water partition coefficient (Wildman–Crippen LogP) is 2.18. The third-order valence-electron chi connectivity index (χ3n) is 6.03. The minimum absolute atomic E-state index is 0.105. The van der Waals surface area contributed by atoms with Gasteiger partial charge in [0.2, 0.25) is 5.12 Å². The van der Waals surface area contributed by atoms with Gasteiger partial charge in [-0.15, -0.1) is 0 Å². The molecule has 2 aliphatic rings. The van der Waals surface area contributed by atoms with Gasteiger partial charge >= 0.3 is 12.1 Å². The van der Waals surface area contributed by atoms with Gasteiger partial charge in [-0.2, -0.15) is 0 Å². The van der Waals surface area contributed by atoms with Crippen LogP contribution in [0.5, 0.6) is 0 Å². The van der Waals surface area contributed by atoms with E-state index in [4.69, 9.17) is 14.2 Å². The molecule has 1 fully saturated rings. The first kappa shape index (κ1) is 25.2. The molecule has 186 valence electrons. The van der Waals surface area contributed by atoms with E-state index in [0.29, 0.717) is 11.8 Å². The molecule has 0 radical (unpaired) electrons. The molecule has 5 atom stereocenters. The second-order valence-corrected chi connectivity index (χ2v) is 9.56. The monoisotopic (exact) mass is 501 g/mol. The Morgan fingerprint density at radius 1 is 0.971 bits per heavy atom. The molecule has 3 N–H and O–H groups in total. The number of carbonyl (C=O) groups is 3. The molecule has 1 aliphatic carbocycles. The maximum Gasteiger partial charge on any atom is 0.407 e. The molecule has 2 aromatic rings. The maximum atomic E-state index is 12.6. The lowest BCUT2D eigenvalue weighted by Gasteiger charge is -2.18. The lowest BCUT2D eigenvalue weighted by molar-refractivity contribution is -0.146. The van der Waals surface area contributed by atoms with Crippen LogP contribution in [0, 0.1) is 0 Å². The number of nitrogens with one attached hydrogen (secondary N) is 1. The summed E-state index contributed by atoms with van der Waals surface area (Å²) in [4.78, 5) is 36.0. The summed E-state index contributed by atoms with van der Waals surface area (Å²) < 4.78 is 15.7. The van der Waals surface area contributed by atoms with Crippen LogP contribution in [0.15, 0.2) is 48.5 Å². The number of aliphatic hydroxyl groups excluding tert-OH is 2. The molecule has 1 saturated heterocycles. The predicted molar refractivity (Wildman–Crippen MR) is 128 cm³/mol. The fourth-order valence-corrected chi connectivity index (χ4v) is 5.23. The molecule has 10 heteroatoms. The Labute approximate surface area is 206 Å². The van der Waals surface area contributed by atoms with Crippen LogP contribution in [-0.2, 0) is 23.8 Å². The van der Waals surface area contributed by atoms with Crippen molar-refractivity contribution in [2.24, 2.45) is 0 Å². The fourth-order valence-electron chi connectivity index (χ4n) is 4.24. The first-order chi connectivity index (χ1) is 16.8. The van der Waals surface area contributed by atoms with Crippen LogP contribution in [0.2, 0.25) is 0 Å². The van der Waals surface area contributed by atoms with Crippen molar-refractivity contribution in [3.05, 3.63) is 59.7 Å². The molecule has 2 aromatic carbocycles. The van der Waals surface area contributed by atoms with E-state index in [1.807, 2.05) is 48.5 Å². The summed E-state index contributed by atoms with van der Waals surface area (Å²) in [5.74, 6) is -0.658. The Bertz CT molecular complexity index is 1060. The lowest BCUT2D eigenvalue weighted by Crippen LogP contribution is -2.39. The number of carbonyl (C=O) groups excluding carboxylic acids is 3. The van der Waals surface area contributed by atoms with Gasteiger partial charge in [0.15, 0.2) is 0 Å². The number of amides is 1. The van der Waals surface area contributed by atoms with Gasteiger partial charge < -0.3 is 29.7 Å². The largest absolute Gasteiger partial charge is 0.463 e. The van der Waals surface area contributed by atoms with Crippen molar-refractivity contribution in [2.45, 2.75) is 49.6 Å². The van der Waals surface area contributed by atoms with Gasteiger partial charge in [0.25, 0.3) is 0 Å². The molecule has 1 amide bonds. The van der Waals surface area contributed by atoms with Crippen LogP contribution >= 0.6 is 11.8 Å². The van der Waals surface area contributed by atoms with Gasteiger partial charge in [-0.05, 0) is 29.2 Å². The Morgan fingerprint density at radius 2 is 1.57 bits per heavy atom. The number of fused-ring (bicyclic) bond motifs is 3. The fraction of sp³-hybridized carbons (Fsp3) is 0.400. The highest BCUT2D eigenvalue weighted by atomic mass is 32.2. The SMILES string of the molecule is CC(=O)OC[C@H]1O[C@@H](SC(=O)C(C)NC(=O)OCC2c3ccccc3-c3ccccc32)[C@H](O)[C@@H]1O. The summed E-state index contributed by atoms with van der Waals surface area (Å²) in [7, 11) is 0. The molecule has 1 heterocycles. The third kappa shape index (κ3) is 5.51. The standard InChI is InChI=1S/C25H27NO8S/c1-13(23(30)35-24-22(29)21(28)20(34-24)12-32-14(2)27)26-25(31)33-11-19-17-9-5-3-7-15(17)16-8-4-6-10-18(16)19/h3-10,13,19-22,24,28-29H,11-12H2,1-2H3,(H,26,31)/t13?,20-,21-,22-,24+/m1/s1. The molecule has 9 nitrogen and oxygen atoms in total. The van der Waals surface area contributed by atoms with E-state index >= 15 is 0 Å². The zero-order valence-corrected chi connectivity index (χ0v) is 20.1. The highest BCUT2D eigenvalue weighted by Gasteiger charge is 2.45. The molecular weight excluding hydrogens is 474 g/mol. The summed E-state index contributed by atoms with van der Waals surface area (Å²) in [5, 5.41) is 22.3. The number of ether oxygens (including phenoxy) is 3. The van der Waals surface area contributed by atoms with Crippen molar-refractivity contribution >= 4 is 28.9 Å². The molecule has 1 unspecified atom stereocenters. The number of rotatable bonds is 7. The van der Waals surface area contributed by atoms with E-state index in [1.165, 1.54) is 13.8 Å². The van der Waals surface area contributed by atoms with Gasteiger partial charge in [-0.3, -0.25) is 9.59 Å². The first-order valence-corrected chi connectivity index (χ1v) is 12.1. The molecule has 0 bridgehead atoms. The number of esters is 1. The second-order valence-electron chi connectivity index (χ2n) is 8.46. The van der Waals surface area contributed by atoms with Gasteiger partial charge in [0.05, 0.1) is 6.04 Å². The molecule has 0 saturated carbocycles.